The first-order chi connectivity index (χ1) is 12.3. The van der Waals surface area contributed by atoms with Crippen molar-refractivity contribution in [1.29, 1.82) is 0 Å². The molecule has 2 aliphatic rings. The second-order valence-electron chi connectivity index (χ2n) is 6.59. The van der Waals surface area contributed by atoms with E-state index < -0.39 is 0 Å². The van der Waals surface area contributed by atoms with Crippen molar-refractivity contribution < 1.29 is 4.74 Å². The average Bonchev–Trinajstić information content (AvgIpc) is 3.14. The highest BCUT2D eigenvalue weighted by Gasteiger charge is 2.32. The summed E-state index contributed by atoms with van der Waals surface area (Å²) in [6.07, 6.45) is 6.00. The number of anilines is 1. The Morgan fingerprint density at radius 3 is 2.80 bits per heavy atom. The molecule has 0 radical (unpaired) electrons. The molecule has 1 aromatic carbocycles. The molecule has 0 amide bonds. The van der Waals surface area contributed by atoms with Crippen LogP contribution in [-0.4, -0.2) is 40.2 Å². The summed E-state index contributed by atoms with van der Waals surface area (Å²) >= 11 is 7.76. The first kappa shape index (κ1) is 17.0. The Morgan fingerprint density at radius 2 is 2.04 bits per heavy atom. The van der Waals surface area contributed by atoms with Crippen LogP contribution in [0.3, 0.4) is 0 Å². The van der Waals surface area contributed by atoms with Crippen molar-refractivity contribution in [3.63, 3.8) is 0 Å². The van der Waals surface area contributed by atoms with Gasteiger partial charge in [0.2, 0.25) is 5.95 Å². The van der Waals surface area contributed by atoms with Gasteiger partial charge in [-0.3, -0.25) is 4.57 Å². The summed E-state index contributed by atoms with van der Waals surface area (Å²) in [6.45, 7) is 2.91. The van der Waals surface area contributed by atoms with E-state index >= 15 is 0 Å². The molecule has 2 heterocycles. The predicted octanol–water partition coefficient (Wildman–Crippen LogP) is 4.43. The summed E-state index contributed by atoms with van der Waals surface area (Å²) in [4.78, 5) is 2.39. The average molecular weight is 379 g/mol. The molecule has 0 atom stereocenters. The van der Waals surface area contributed by atoms with Crippen LogP contribution in [0, 0.1) is 0 Å². The van der Waals surface area contributed by atoms with Crippen molar-refractivity contribution in [2.75, 3.05) is 30.3 Å². The molecular weight excluding hydrogens is 356 g/mol. The normalized spacial score (nSPS) is 17.2. The van der Waals surface area contributed by atoms with Crippen LogP contribution >= 0.6 is 23.4 Å². The van der Waals surface area contributed by atoms with Gasteiger partial charge in [-0.25, -0.2) is 0 Å². The molecule has 0 spiro atoms. The molecule has 1 aromatic heterocycles. The highest BCUT2D eigenvalue weighted by atomic mass is 35.5. The summed E-state index contributed by atoms with van der Waals surface area (Å²) in [5.74, 6) is 2.89. The minimum Gasteiger partial charge on any atom is -0.494 e. The van der Waals surface area contributed by atoms with Crippen molar-refractivity contribution in [2.45, 2.75) is 43.3 Å². The summed E-state index contributed by atoms with van der Waals surface area (Å²) in [5.41, 5.74) is 0. The Balaban J connectivity index is 1.29. The quantitative estimate of drug-likeness (QED) is 0.502. The third-order valence-electron chi connectivity index (χ3n) is 4.53. The lowest BCUT2D eigenvalue weighted by Crippen LogP contribution is -2.22. The van der Waals surface area contributed by atoms with Gasteiger partial charge < -0.3 is 9.64 Å². The maximum Gasteiger partial charge on any atom is 0.228 e. The molecule has 1 aliphatic heterocycles. The number of hydrogen-bond donors (Lipinski definition) is 0. The summed E-state index contributed by atoms with van der Waals surface area (Å²) in [7, 11) is 0. The molecule has 1 saturated carbocycles. The number of ether oxygens (including phenoxy) is 1. The topological polar surface area (TPSA) is 43.2 Å². The Bertz CT molecular complexity index is 713. The molecule has 134 valence electrons. The second kappa shape index (κ2) is 7.87. The van der Waals surface area contributed by atoms with Gasteiger partial charge in [0, 0.05) is 29.9 Å². The standard InChI is InChI=1S/C18H23ClN4OS/c19-14-5-3-6-16(13-14)24-11-4-12-25-18-21-20-17(22-9-1-2-10-22)23(18)15-7-8-15/h3,5-6,13,15H,1-2,4,7-12H2. The molecule has 4 rings (SSSR count). The monoisotopic (exact) mass is 378 g/mol. The van der Waals surface area contributed by atoms with Crippen LogP contribution in [0.2, 0.25) is 5.02 Å². The van der Waals surface area contributed by atoms with E-state index in [1.165, 1.54) is 25.7 Å². The molecule has 5 nitrogen and oxygen atoms in total. The van der Waals surface area contributed by atoms with Gasteiger partial charge in [0.15, 0.2) is 5.16 Å². The van der Waals surface area contributed by atoms with E-state index in [1.807, 2.05) is 24.3 Å². The van der Waals surface area contributed by atoms with Gasteiger partial charge >= 0.3 is 0 Å². The van der Waals surface area contributed by atoms with Crippen molar-refractivity contribution in [3.8, 4) is 5.75 Å². The largest absolute Gasteiger partial charge is 0.494 e. The van der Waals surface area contributed by atoms with Crippen LogP contribution in [-0.2, 0) is 0 Å². The molecule has 1 saturated heterocycles. The number of thioether (sulfide) groups is 1. The molecule has 0 N–H and O–H groups in total. The van der Waals surface area contributed by atoms with Gasteiger partial charge in [-0.15, -0.1) is 10.2 Å². The van der Waals surface area contributed by atoms with Gasteiger partial charge in [-0.2, -0.15) is 0 Å². The lowest BCUT2D eigenvalue weighted by molar-refractivity contribution is 0.318. The number of benzene rings is 1. The van der Waals surface area contributed by atoms with Crippen LogP contribution in [0.1, 0.15) is 38.1 Å². The fourth-order valence-electron chi connectivity index (χ4n) is 3.12. The SMILES string of the molecule is Clc1cccc(OCCCSc2nnc(N3CCCC3)n2C2CC2)c1. The maximum atomic E-state index is 5.97. The molecule has 1 aliphatic carbocycles. The molecule has 2 fully saturated rings. The van der Waals surface area contributed by atoms with E-state index in [4.69, 9.17) is 16.3 Å². The highest BCUT2D eigenvalue weighted by molar-refractivity contribution is 7.99. The third kappa shape index (κ3) is 4.23. The zero-order valence-electron chi connectivity index (χ0n) is 14.2. The molecule has 25 heavy (non-hydrogen) atoms. The van der Waals surface area contributed by atoms with E-state index in [1.54, 1.807) is 11.8 Å². The van der Waals surface area contributed by atoms with Crippen molar-refractivity contribution in [1.82, 2.24) is 14.8 Å². The van der Waals surface area contributed by atoms with E-state index in [-0.39, 0.29) is 0 Å². The third-order valence-corrected chi connectivity index (χ3v) is 5.80. The fraction of sp³-hybridized carbons (Fsp3) is 0.556. The zero-order valence-corrected chi connectivity index (χ0v) is 15.8. The number of hydrogen-bond acceptors (Lipinski definition) is 5. The highest BCUT2D eigenvalue weighted by Crippen LogP contribution is 2.41. The maximum absolute atomic E-state index is 5.97. The summed E-state index contributed by atoms with van der Waals surface area (Å²) in [6, 6.07) is 8.15. The van der Waals surface area contributed by atoms with Gasteiger partial charge in [-0.05, 0) is 50.3 Å². The fourth-order valence-corrected chi connectivity index (χ4v) is 4.22. The van der Waals surface area contributed by atoms with E-state index in [0.29, 0.717) is 17.7 Å². The van der Waals surface area contributed by atoms with E-state index in [2.05, 4.69) is 19.7 Å². The van der Waals surface area contributed by atoms with Crippen molar-refractivity contribution >= 4 is 29.3 Å². The number of rotatable bonds is 8. The summed E-state index contributed by atoms with van der Waals surface area (Å²) in [5, 5.41) is 10.7. The van der Waals surface area contributed by atoms with Crippen molar-refractivity contribution in [3.05, 3.63) is 29.3 Å². The Kier molecular flexibility index (Phi) is 5.36. The lowest BCUT2D eigenvalue weighted by atomic mass is 10.3. The molecule has 0 bridgehead atoms. The number of nitrogens with zero attached hydrogens (tertiary/aromatic N) is 4. The minimum absolute atomic E-state index is 0.607. The zero-order chi connectivity index (χ0) is 17.1. The first-order valence-electron chi connectivity index (χ1n) is 9.02. The first-order valence-corrected chi connectivity index (χ1v) is 10.4. The van der Waals surface area contributed by atoms with Crippen molar-refractivity contribution in [2.24, 2.45) is 0 Å². The number of aromatic nitrogens is 3. The number of halogens is 1. The summed E-state index contributed by atoms with van der Waals surface area (Å²) < 4.78 is 8.12. The Labute approximate surface area is 157 Å². The van der Waals surface area contributed by atoms with Gasteiger partial charge in [0.1, 0.15) is 5.75 Å². The van der Waals surface area contributed by atoms with Crippen LogP contribution in [0.15, 0.2) is 29.4 Å². The van der Waals surface area contributed by atoms with Crippen LogP contribution < -0.4 is 9.64 Å². The smallest absolute Gasteiger partial charge is 0.228 e. The lowest BCUT2D eigenvalue weighted by Gasteiger charge is -2.17. The molecule has 7 heteroatoms. The van der Waals surface area contributed by atoms with Crippen LogP contribution in [0.5, 0.6) is 5.75 Å². The van der Waals surface area contributed by atoms with Gasteiger partial charge in [0.05, 0.1) is 6.61 Å². The van der Waals surface area contributed by atoms with E-state index in [0.717, 1.165) is 42.1 Å². The minimum atomic E-state index is 0.607. The van der Waals surface area contributed by atoms with Crippen LogP contribution in [0.25, 0.3) is 0 Å². The Hall–Kier alpha value is -1.40. The molecular formula is C18H23ClN4OS. The van der Waals surface area contributed by atoms with Gasteiger partial charge in [0.25, 0.3) is 0 Å². The second-order valence-corrected chi connectivity index (χ2v) is 8.08. The van der Waals surface area contributed by atoms with Crippen LogP contribution in [0.4, 0.5) is 5.95 Å². The molecule has 2 aromatic rings. The molecule has 0 unspecified atom stereocenters. The van der Waals surface area contributed by atoms with E-state index in [9.17, 15) is 0 Å². The van der Waals surface area contributed by atoms with Gasteiger partial charge in [-0.1, -0.05) is 29.4 Å². The predicted molar refractivity (Wildman–Crippen MR) is 102 cm³/mol. The Morgan fingerprint density at radius 1 is 1.20 bits per heavy atom.